The van der Waals surface area contributed by atoms with Crippen molar-refractivity contribution in [2.45, 2.75) is 0 Å². The van der Waals surface area contributed by atoms with E-state index in [0.717, 1.165) is 0 Å². The van der Waals surface area contributed by atoms with Gasteiger partial charge in [-0.3, -0.25) is 0 Å². The average Bonchev–Trinajstić information content (AvgIpc) is 2.33. The Labute approximate surface area is 94.2 Å². The zero-order valence-electron chi connectivity index (χ0n) is 6.15. The number of hydrogen-bond donors (Lipinski definition) is 0. The number of nitriles is 6. The van der Waals surface area contributed by atoms with Crippen LogP contribution in [0, 0.1) is 71.0 Å². The van der Waals surface area contributed by atoms with Gasteiger partial charge in [0.05, 0.1) is 0 Å². The van der Waals surface area contributed by atoms with E-state index in [1.165, 1.54) is 0 Å². The number of nitrogens with zero attached hydrogens (tertiary/aromatic N) is 6. The molecule has 6 nitrogen and oxygen atoms in total. The molecular weight excluding hydrogens is 180 g/mol. The molecule has 0 bridgehead atoms. The summed E-state index contributed by atoms with van der Waals surface area (Å²) in [6.07, 6.45) is 0. The van der Waals surface area contributed by atoms with Crippen molar-refractivity contribution in [1.82, 2.24) is 0 Å². The molecule has 0 heterocycles. The third-order valence-electron chi connectivity index (χ3n) is 0. The van der Waals surface area contributed by atoms with Crippen molar-refractivity contribution in [1.29, 1.82) is 31.6 Å². The summed E-state index contributed by atoms with van der Waals surface area (Å²) in [5, 5.41) is 39.0. The molecule has 0 unspecified atom stereocenters. The second-order valence-corrected chi connectivity index (χ2v) is 0. The first-order chi connectivity index (χ1) is 6.00. The van der Waals surface area contributed by atoms with Crippen molar-refractivity contribution in [2.24, 2.45) is 0 Å². The topological polar surface area (TPSA) is 143 Å². The van der Waals surface area contributed by atoms with Gasteiger partial charge in [-0.05, 0) is 0 Å². The fraction of sp³-hybridized carbons (Fsp3) is 0. The predicted molar refractivity (Wildman–Crippen MR) is 48.6 cm³/mol. The molecular formula is C6H8MgN6. The molecule has 0 aromatic carbocycles. The third-order valence-corrected chi connectivity index (χ3v) is 0. The van der Waals surface area contributed by atoms with Gasteiger partial charge in [-0.25, -0.2) is 31.6 Å². The van der Waals surface area contributed by atoms with E-state index in [-0.39, 0.29) is 23.1 Å². The monoisotopic (exact) mass is 188 g/mol. The number of rotatable bonds is 0. The minimum Gasteiger partial charge on any atom is -0.202 e. The lowest BCUT2D eigenvalue weighted by Gasteiger charge is -0.668. The molecule has 0 aromatic rings. The van der Waals surface area contributed by atoms with E-state index in [0.29, 0.717) is 0 Å². The van der Waals surface area contributed by atoms with Gasteiger partial charge in [0.2, 0.25) is 0 Å². The van der Waals surface area contributed by atoms with Crippen molar-refractivity contribution in [3.8, 4) is 39.4 Å². The van der Waals surface area contributed by atoms with Gasteiger partial charge >= 0.3 is 23.1 Å². The summed E-state index contributed by atoms with van der Waals surface area (Å²) < 4.78 is 0. The van der Waals surface area contributed by atoms with E-state index < -0.39 is 0 Å². The van der Waals surface area contributed by atoms with E-state index >= 15 is 0 Å². The SMILES string of the molecule is C#N.C#N.C#N.C#N.C#N.C#N.[MgH2]. The smallest absolute Gasteiger partial charge is 0.202 e. The van der Waals surface area contributed by atoms with Gasteiger partial charge in [-0.1, -0.05) is 0 Å². The van der Waals surface area contributed by atoms with Crippen LogP contribution >= 0.6 is 0 Å². The Morgan fingerprint density at radius 3 is 0.308 bits per heavy atom. The Hall–Kier alpha value is -2.29. The summed E-state index contributed by atoms with van der Waals surface area (Å²) in [5.41, 5.74) is 0. The van der Waals surface area contributed by atoms with Crippen LogP contribution in [0.1, 0.15) is 0 Å². The Balaban J connectivity index is -0.00000000655. The van der Waals surface area contributed by atoms with Gasteiger partial charge in [0, 0.05) is 39.4 Å². The van der Waals surface area contributed by atoms with Gasteiger partial charge < -0.3 is 0 Å². The maximum absolute atomic E-state index is 6.50. The van der Waals surface area contributed by atoms with Crippen LogP contribution < -0.4 is 0 Å². The Bertz CT molecular complexity index is 92.1. The van der Waals surface area contributed by atoms with Gasteiger partial charge in [0.1, 0.15) is 0 Å². The molecule has 0 saturated heterocycles. The van der Waals surface area contributed by atoms with Crippen molar-refractivity contribution in [2.75, 3.05) is 0 Å². The molecule has 0 aliphatic rings. The molecule has 0 radical (unpaired) electrons. The van der Waals surface area contributed by atoms with Crippen LogP contribution in [0.25, 0.3) is 0 Å². The second kappa shape index (κ2) is 140. The van der Waals surface area contributed by atoms with E-state index in [1.807, 2.05) is 0 Å². The lowest BCUT2D eigenvalue weighted by molar-refractivity contribution is 1.58. The molecule has 0 spiro atoms. The quantitative estimate of drug-likeness (QED) is 0.486. The van der Waals surface area contributed by atoms with Crippen LogP contribution in [0.15, 0.2) is 0 Å². The van der Waals surface area contributed by atoms with Crippen molar-refractivity contribution < 1.29 is 0 Å². The van der Waals surface area contributed by atoms with Gasteiger partial charge in [-0.2, -0.15) is 0 Å². The van der Waals surface area contributed by atoms with Crippen molar-refractivity contribution >= 4 is 23.1 Å². The van der Waals surface area contributed by atoms with E-state index in [1.54, 1.807) is 0 Å². The predicted octanol–water partition coefficient (Wildman–Crippen LogP) is -0.0775. The second-order valence-electron chi connectivity index (χ2n) is 0. The average molecular weight is 188 g/mol. The molecule has 0 fully saturated rings. The maximum Gasteiger partial charge on any atom is 0.316 e. The third kappa shape index (κ3) is 110. The normalized spacial score (nSPS) is 0.923. The molecule has 7 heteroatoms. The fourth-order valence-electron chi connectivity index (χ4n) is 0. The first kappa shape index (κ1) is 73.4. The minimum atomic E-state index is 0. The molecule has 0 amide bonds. The number of hydrogen-bond acceptors (Lipinski definition) is 6. The zero-order chi connectivity index (χ0) is 12.0. The largest absolute Gasteiger partial charge is 0.316 e. The Morgan fingerprint density at radius 1 is 0.308 bits per heavy atom. The first-order valence-corrected chi connectivity index (χ1v) is 1.55. The summed E-state index contributed by atoms with van der Waals surface area (Å²) in [6.45, 7) is 21.0. The standard InChI is InChI=1S/6CHN.Mg.2H/c6*1-2;;;/h6*1H;;;. The van der Waals surface area contributed by atoms with Crippen LogP contribution in [-0.4, -0.2) is 23.1 Å². The van der Waals surface area contributed by atoms with E-state index in [4.69, 9.17) is 31.6 Å². The van der Waals surface area contributed by atoms with Crippen LogP contribution in [0.3, 0.4) is 0 Å². The molecule has 0 atom stereocenters. The van der Waals surface area contributed by atoms with Crippen LogP contribution in [-0.2, 0) is 0 Å². The fourth-order valence-corrected chi connectivity index (χ4v) is 0. The van der Waals surface area contributed by atoms with Gasteiger partial charge in [0.25, 0.3) is 0 Å². The summed E-state index contributed by atoms with van der Waals surface area (Å²) in [6, 6.07) is 0. The Morgan fingerprint density at radius 2 is 0.308 bits per heavy atom. The lowest BCUT2D eigenvalue weighted by atomic mass is 11.9. The summed E-state index contributed by atoms with van der Waals surface area (Å²) >= 11 is 0. The highest BCUT2D eigenvalue weighted by molar-refractivity contribution is 5.75. The highest BCUT2D eigenvalue weighted by Crippen LogP contribution is 0.596. The molecule has 0 aromatic heterocycles. The minimum absolute atomic E-state index is 0. The molecule has 0 aliphatic carbocycles. The van der Waals surface area contributed by atoms with Crippen molar-refractivity contribution in [3.05, 3.63) is 0 Å². The van der Waals surface area contributed by atoms with E-state index in [9.17, 15) is 0 Å². The van der Waals surface area contributed by atoms with Gasteiger partial charge in [0.15, 0.2) is 0 Å². The molecule has 0 rings (SSSR count). The molecule has 0 saturated carbocycles. The Kier molecular flexibility index (Phi) is 790. The maximum atomic E-state index is 6.50. The molecule has 0 N–H and O–H groups in total. The molecule has 64 valence electrons. The lowest BCUT2D eigenvalue weighted by Crippen LogP contribution is -0.569. The van der Waals surface area contributed by atoms with E-state index in [2.05, 4.69) is 39.4 Å². The van der Waals surface area contributed by atoms with Gasteiger partial charge in [-0.15, -0.1) is 0 Å². The molecule has 13 heavy (non-hydrogen) atoms. The highest BCUT2D eigenvalue weighted by atomic mass is 24.3. The molecule has 0 aliphatic heterocycles. The highest BCUT2D eigenvalue weighted by Gasteiger charge is 0.523. The first-order valence-electron chi connectivity index (χ1n) is 1.55. The van der Waals surface area contributed by atoms with Crippen LogP contribution in [0.2, 0.25) is 0 Å². The zero-order valence-corrected chi connectivity index (χ0v) is 6.15. The van der Waals surface area contributed by atoms with Crippen molar-refractivity contribution in [3.63, 3.8) is 0 Å². The summed E-state index contributed by atoms with van der Waals surface area (Å²) in [4.78, 5) is 0. The van der Waals surface area contributed by atoms with Crippen LogP contribution in [0.5, 0.6) is 0 Å². The summed E-state index contributed by atoms with van der Waals surface area (Å²) in [7, 11) is 0. The summed E-state index contributed by atoms with van der Waals surface area (Å²) in [5.74, 6) is 0. The van der Waals surface area contributed by atoms with Crippen LogP contribution in [0.4, 0.5) is 0 Å².